The van der Waals surface area contributed by atoms with Gasteiger partial charge in [-0.25, -0.2) is 0 Å². The maximum Gasteiger partial charge on any atom is 1.00 e. The van der Waals surface area contributed by atoms with E-state index in [0.29, 0.717) is 0 Å². The molecular formula is C4H6Na3O4+. The van der Waals surface area contributed by atoms with Crippen LogP contribution in [0.5, 0.6) is 0 Å². The molecule has 0 aliphatic heterocycles. The third-order valence-corrected chi connectivity index (χ3v) is 0. The van der Waals surface area contributed by atoms with Gasteiger partial charge in [0.05, 0.1) is 0 Å². The number of carboxylic acid groups (broad SMARTS) is 2. The molecule has 0 bridgehead atoms. The first-order chi connectivity index (χ1) is 3.46. The van der Waals surface area contributed by atoms with E-state index in [1.54, 1.807) is 0 Å². The van der Waals surface area contributed by atoms with Crippen molar-refractivity contribution in [2.24, 2.45) is 0 Å². The summed E-state index contributed by atoms with van der Waals surface area (Å²) in [6.45, 7) is 1.94. The van der Waals surface area contributed by atoms with Gasteiger partial charge in [-0.15, -0.1) is 0 Å². The average molecular weight is 187 g/mol. The zero-order valence-electron chi connectivity index (χ0n) is 7.63. The van der Waals surface area contributed by atoms with E-state index in [4.69, 9.17) is 19.8 Å². The van der Waals surface area contributed by atoms with Gasteiger partial charge in [0, 0.05) is 11.9 Å². The topological polar surface area (TPSA) is 80.3 Å². The molecule has 0 aliphatic rings. The molecule has 0 saturated heterocycles. The summed E-state index contributed by atoms with van der Waals surface area (Å²) in [4.78, 5) is 17.8. The van der Waals surface area contributed by atoms with Crippen molar-refractivity contribution in [2.45, 2.75) is 13.8 Å². The van der Waals surface area contributed by atoms with Gasteiger partial charge < -0.3 is 19.8 Å². The van der Waals surface area contributed by atoms with Gasteiger partial charge in [-0.2, -0.15) is 0 Å². The van der Waals surface area contributed by atoms with Gasteiger partial charge in [-0.3, -0.25) is 0 Å². The Morgan fingerprint density at radius 2 is 0.818 bits per heavy atom. The molecule has 0 heterocycles. The maximum atomic E-state index is 8.89. The average Bonchev–Trinajstić information content (AvgIpc) is 1.25. The first-order valence-corrected chi connectivity index (χ1v) is 1.82. The second-order valence-corrected chi connectivity index (χ2v) is 0.983. The van der Waals surface area contributed by atoms with E-state index < -0.39 is 11.9 Å². The zero-order valence-corrected chi connectivity index (χ0v) is 13.6. The Morgan fingerprint density at radius 1 is 0.818 bits per heavy atom. The fourth-order valence-electron chi connectivity index (χ4n) is 0. The van der Waals surface area contributed by atoms with Gasteiger partial charge in [-0.1, -0.05) is 0 Å². The Hall–Kier alpha value is 1.94. The number of carbonyl (C=O) groups excluding carboxylic acids is 2. The van der Waals surface area contributed by atoms with Gasteiger partial charge in [0.1, 0.15) is 0 Å². The van der Waals surface area contributed by atoms with Gasteiger partial charge in [0.25, 0.3) is 0 Å². The molecule has 0 amide bonds. The van der Waals surface area contributed by atoms with Crippen LogP contribution < -0.4 is 98.9 Å². The SMILES string of the molecule is CC(=O)[O-].CC(=O)[O-].[Na+].[Na+].[Na+]. The first kappa shape index (κ1) is 29.3. The molecule has 4 nitrogen and oxygen atoms in total. The molecular weight excluding hydrogens is 181 g/mol. The van der Waals surface area contributed by atoms with Crippen LogP contribution >= 0.6 is 0 Å². The molecule has 0 N–H and O–H groups in total. The molecule has 0 radical (unpaired) electrons. The molecule has 7 heteroatoms. The Labute approximate surface area is 132 Å². The summed E-state index contributed by atoms with van der Waals surface area (Å²) in [7, 11) is 0. The van der Waals surface area contributed by atoms with E-state index in [1.165, 1.54) is 0 Å². The number of rotatable bonds is 0. The minimum Gasteiger partial charge on any atom is -0.550 e. The minimum atomic E-state index is -1.08. The van der Waals surface area contributed by atoms with Crippen molar-refractivity contribution in [3.05, 3.63) is 0 Å². The smallest absolute Gasteiger partial charge is 0.550 e. The summed E-state index contributed by atoms with van der Waals surface area (Å²) in [6, 6.07) is 0. The maximum absolute atomic E-state index is 8.89. The second-order valence-electron chi connectivity index (χ2n) is 0.983. The van der Waals surface area contributed by atoms with Crippen LogP contribution in [-0.4, -0.2) is 11.9 Å². The third kappa shape index (κ3) is 313. The monoisotopic (exact) mass is 187 g/mol. The van der Waals surface area contributed by atoms with Crippen molar-refractivity contribution in [1.82, 2.24) is 0 Å². The van der Waals surface area contributed by atoms with E-state index in [0.717, 1.165) is 13.8 Å². The normalized spacial score (nSPS) is 4.55. The van der Waals surface area contributed by atoms with Gasteiger partial charge in [0.2, 0.25) is 0 Å². The standard InChI is InChI=1S/2C2H4O2.3Na/c2*1-2(3)4;;;/h2*1H3,(H,3,4);;;/q;;3*+1/p-2. The summed E-state index contributed by atoms with van der Waals surface area (Å²) < 4.78 is 0. The molecule has 0 rings (SSSR count). The van der Waals surface area contributed by atoms with Crippen LogP contribution in [0.3, 0.4) is 0 Å². The van der Waals surface area contributed by atoms with Crippen molar-refractivity contribution in [1.29, 1.82) is 0 Å². The summed E-state index contributed by atoms with van der Waals surface area (Å²) >= 11 is 0. The Kier molecular flexibility index (Phi) is 60.3. The first-order valence-electron chi connectivity index (χ1n) is 1.82. The van der Waals surface area contributed by atoms with Crippen LogP contribution in [0.2, 0.25) is 0 Å². The summed E-state index contributed by atoms with van der Waals surface area (Å²) in [5.41, 5.74) is 0. The Morgan fingerprint density at radius 3 is 0.818 bits per heavy atom. The second kappa shape index (κ2) is 22.7. The van der Waals surface area contributed by atoms with Crippen LogP contribution in [-0.2, 0) is 9.59 Å². The van der Waals surface area contributed by atoms with E-state index in [9.17, 15) is 0 Å². The largest absolute Gasteiger partial charge is 1.00 e. The molecule has 0 spiro atoms. The fraction of sp³-hybridized carbons (Fsp3) is 0.500. The predicted molar refractivity (Wildman–Crippen MR) is 21.4 cm³/mol. The molecule has 0 aromatic heterocycles. The molecule has 0 unspecified atom stereocenters. The van der Waals surface area contributed by atoms with E-state index >= 15 is 0 Å². The molecule has 0 aromatic carbocycles. The van der Waals surface area contributed by atoms with Gasteiger partial charge in [0.15, 0.2) is 0 Å². The van der Waals surface area contributed by atoms with Crippen LogP contribution in [0.15, 0.2) is 0 Å². The molecule has 0 aliphatic carbocycles. The zero-order chi connectivity index (χ0) is 7.15. The Bertz CT molecular complexity index is 75.3. The summed E-state index contributed by atoms with van der Waals surface area (Å²) in [5, 5.41) is 17.8. The van der Waals surface area contributed by atoms with E-state index in [2.05, 4.69) is 0 Å². The van der Waals surface area contributed by atoms with Crippen LogP contribution in [0.1, 0.15) is 13.8 Å². The van der Waals surface area contributed by atoms with E-state index in [1.807, 2.05) is 0 Å². The quantitative estimate of drug-likeness (QED) is 0.352. The van der Waals surface area contributed by atoms with Crippen LogP contribution in [0, 0.1) is 0 Å². The molecule has 0 saturated carbocycles. The Balaban J connectivity index is -0.0000000171. The molecule has 11 heavy (non-hydrogen) atoms. The fourth-order valence-corrected chi connectivity index (χ4v) is 0. The van der Waals surface area contributed by atoms with Crippen LogP contribution in [0.4, 0.5) is 0 Å². The molecule has 0 aromatic rings. The molecule has 0 fully saturated rings. The van der Waals surface area contributed by atoms with Gasteiger partial charge >= 0.3 is 88.7 Å². The summed E-state index contributed by atoms with van der Waals surface area (Å²) in [6.07, 6.45) is 0. The number of aliphatic carboxylic acids is 2. The van der Waals surface area contributed by atoms with Crippen molar-refractivity contribution >= 4 is 11.9 Å². The summed E-state index contributed by atoms with van der Waals surface area (Å²) in [5.74, 6) is -2.17. The number of carbonyl (C=O) groups is 2. The predicted octanol–water partition coefficient (Wildman–Crippen LogP) is -11.5. The van der Waals surface area contributed by atoms with Gasteiger partial charge in [-0.05, 0) is 13.8 Å². The third-order valence-electron chi connectivity index (χ3n) is 0. The minimum absolute atomic E-state index is 0. The van der Waals surface area contributed by atoms with E-state index in [-0.39, 0.29) is 88.7 Å². The van der Waals surface area contributed by atoms with Crippen LogP contribution in [0.25, 0.3) is 0 Å². The van der Waals surface area contributed by atoms with Crippen molar-refractivity contribution in [3.8, 4) is 0 Å². The van der Waals surface area contributed by atoms with Crippen molar-refractivity contribution in [2.75, 3.05) is 0 Å². The number of hydrogen-bond donors (Lipinski definition) is 0. The van der Waals surface area contributed by atoms with Crippen molar-refractivity contribution < 1.29 is 108 Å². The van der Waals surface area contributed by atoms with Crippen molar-refractivity contribution in [3.63, 3.8) is 0 Å². The molecule has 48 valence electrons. The number of hydrogen-bond acceptors (Lipinski definition) is 4. The number of carboxylic acids is 2. The molecule has 0 atom stereocenters.